The van der Waals surface area contributed by atoms with Gasteiger partial charge < -0.3 is 21.7 Å². The predicted octanol–water partition coefficient (Wildman–Crippen LogP) is 1.86. The van der Waals surface area contributed by atoms with Crippen LogP contribution in [0.5, 0.6) is 0 Å². The molecule has 2 rings (SSSR count). The van der Waals surface area contributed by atoms with Gasteiger partial charge in [-0.25, -0.2) is 4.79 Å². The number of para-hydroxylation sites is 1. The van der Waals surface area contributed by atoms with Crippen molar-refractivity contribution in [3.05, 3.63) is 30.3 Å². The van der Waals surface area contributed by atoms with Crippen molar-refractivity contribution < 1.29 is 9.59 Å². The van der Waals surface area contributed by atoms with Crippen molar-refractivity contribution in [2.45, 2.75) is 38.3 Å². The molecule has 3 amide bonds. The van der Waals surface area contributed by atoms with Crippen molar-refractivity contribution in [3.63, 3.8) is 0 Å². The van der Waals surface area contributed by atoms with E-state index < -0.39 is 12.1 Å². The largest absolute Gasteiger partial charge is 0.351 e. The maximum absolute atomic E-state index is 12.2. The molecule has 128 valence electrons. The summed E-state index contributed by atoms with van der Waals surface area (Å²) < 4.78 is 0. The summed E-state index contributed by atoms with van der Waals surface area (Å²) in [5, 5.41) is 8.32. The summed E-state index contributed by atoms with van der Waals surface area (Å²) >= 11 is 0. The Hall–Kier alpha value is -1.79. The average molecular weight is 341 g/mol. The van der Waals surface area contributed by atoms with E-state index in [1.807, 2.05) is 18.2 Å². The van der Waals surface area contributed by atoms with Crippen LogP contribution in [0, 0.1) is 5.92 Å². The minimum Gasteiger partial charge on any atom is -0.351 e. The molecule has 0 bridgehead atoms. The third kappa shape index (κ3) is 5.73. The fraction of sp³-hybridized carbons (Fsp3) is 0.500. The van der Waals surface area contributed by atoms with E-state index in [1.165, 1.54) is 0 Å². The van der Waals surface area contributed by atoms with Crippen molar-refractivity contribution in [2.75, 3.05) is 11.9 Å². The van der Waals surface area contributed by atoms with Crippen LogP contribution in [0.3, 0.4) is 0 Å². The Morgan fingerprint density at radius 2 is 1.96 bits per heavy atom. The third-order valence-electron chi connectivity index (χ3n) is 4.06. The lowest BCUT2D eigenvalue weighted by molar-refractivity contribution is -0.123. The first-order chi connectivity index (χ1) is 10.6. The standard InChI is InChI=1S/C16H24N4O2.ClH/c1-11(15(21)20-14-9-5-6-12(14)10-17)18-16(22)19-13-7-3-2-4-8-13;/h2-4,7-8,11-12,14H,5-6,9-10,17H2,1H3,(H,20,21)(H2,18,19,22);1H. The lowest BCUT2D eigenvalue weighted by Gasteiger charge is -2.22. The van der Waals surface area contributed by atoms with Gasteiger partial charge in [-0.1, -0.05) is 24.6 Å². The highest BCUT2D eigenvalue weighted by Crippen LogP contribution is 2.24. The second-order valence-electron chi connectivity index (χ2n) is 5.73. The zero-order chi connectivity index (χ0) is 15.9. The molecule has 1 saturated carbocycles. The number of hydrogen-bond acceptors (Lipinski definition) is 3. The van der Waals surface area contributed by atoms with Crippen LogP contribution in [0.1, 0.15) is 26.2 Å². The lowest BCUT2D eigenvalue weighted by Crippen LogP contribution is -2.50. The van der Waals surface area contributed by atoms with Gasteiger partial charge >= 0.3 is 6.03 Å². The zero-order valence-electron chi connectivity index (χ0n) is 13.2. The van der Waals surface area contributed by atoms with Crippen molar-refractivity contribution in [1.82, 2.24) is 10.6 Å². The van der Waals surface area contributed by atoms with Crippen molar-refractivity contribution in [3.8, 4) is 0 Å². The molecule has 1 aromatic rings. The number of anilines is 1. The molecule has 1 aliphatic carbocycles. The van der Waals surface area contributed by atoms with Gasteiger partial charge in [-0.05, 0) is 44.4 Å². The van der Waals surface area contributed by atoms with Crippen LogP contribution in [0.4, 0.5) is 10.5 Å². The molecule has 1 aromatic carbocycles. The number of amides is 3. The van der Waals surface area contributed by atoms with Crippen LogP contribution in [-0.2, 0) is 4.79 Å². The van der Waals surface area contributed by atoms with Gasteiger partial charge in [0.05, 0.1) is 0 Å². The third-order valence-corrected chi connectivity index (χ3v) is 4.06. The SMILES string of the molecule is CC(NC(=O)Nc1ccccc1)C(=O)NC1CCCC1CN.Cl. The van der Waals surface area contributed by atoms with Gasteiger partial charge in [-0.2, -0.15) is 0 Å². The average Bonchev–Trinajstić information content (AvgIpc) is 2.95. The van der Waals surface area contributed by atoms with E-state index in [0.29, 0.717) is 18.2 Å². The summed E-state index contributed by atoms with van der Waals surface area (Å²) in [5.41, 5.74) is 6.40. The Morgan fingerprint density at radius 3 is 2.61 bits per heavy atom. The van der Waals surface area contributed by atoms with Gasteiger partial charge in [0.1, 0.15) is 6.04 Å². The molecule has 1 fully saturated rings. The number of carbonyl (C=O) groups is 2. The Kier molecular flexibility index (Phi) is 7.85. The fourth-order valence-electron chi connectivity index (χ4n) is 2.77. The molecule has 0 aliphatic heterocycles. The maximum atomic E-state index is 12.2. The van der Waals surface area contributed by atoms with Crippen LogP contribution in [0.2, 0.25) is 0 Å². The Labute approximate surface area is 143 Å². The van der Waals surface area contributed by atoms with E-state index in [1.54, 1.807) is 19.1 Å². The topological polar surface area (TPSA) is 96.2 Å². The normalized spacial score (nSPS) is 21.0. The fourth-order valence-corrected chi connectivity index (χ4v) is 2.77. The molecule has 0 radical (unpaired) electrons. The number of halogens is 1. The van der Waals surface area contributed by atoms with E-state index in [-0.39, 0.29) is 24.4 Å². The Morgan fingerprint density at radius 1 is 1.26 bits per heavy atom. The van der Waals surface area contributed by atoms with Crippen LogP contribution in [0.25, 0.3) is 0 Å². The van der Waals surface area contributed by atoms with E-state index in [0.717, 1.165) is 19.3 Å². The van der Waals surface area contributed by atoms with Crippen LogP contribution >= 0.6 is 12.4 Å². The first kappa shape index (κ1) is 19.3. The van der Waals surface area contributed by atoms with Gasteiger partial charge in [0, 0.05) is 11.7 Å². The minimum absolute atomic E-state index is 0. The first-order valence-electron chi connectivity index (χ1n) is 7.73. The molecule has 3 unspecified atom stereocenters. The molecule has 0 heterocycles. The van der Waals surface area contributed by atoms with Gasteiger partial charge in [-0.3, -0.25) is 4.79 Å². The van der Waals surface area contributed by atoms with Crippen LogP contribution < -0.4 is 21.7 Å². The van der Waals surface area contributed by atoms with Crippen molar-refractivity contribution >= 4 is 30.0 Å². The maximum Gasteiger partial charge on any atom is 0.319 e. The van der Waals surface area contributed by atoms with E-state index in [2.05, 4.69) is 16.0 Å². The van der Waals surface area contributed by atoms with Crippen molar-refractivity contribution in [1.29, 1.82) is 0 Å². The highest BCUT2D eigenvalue weighted by Gasteiger charge is 2.28. The second-order valence-corrected chi connectivity index (χ2v) is 5.73. The molecule has 6 nitrogen and oxygen atoms in total. The smallest absolute Gasteiger partial charge is 0.319 e. The van der Waals surface area contributed by atoms with Gasteiger partial charge in [0.15, 0.2) is 0 Å². The number of hydrogen-bond donors (Lipinski definition) is 4. The summed E-state index contributed by atoms with van der Waals surface area (Å²) in [7, 11) is 0. The number of nitrogens with one attached hydrogen (secondary N) is 3. The number of carbonyl (C=O) groups excluding carboxylic acids is 2. The summed E-state index contributed by atoms with van der Waals surface area (Å²) in [6.07, 6.45) is 3.09. The number of rotatable bonds is 5. The summed E-state index contributed by atoms with van der Waals surface area (Å²) in [5.74, 6) is 0.169. The molecule has 1 aliphatic rings. The van der Waals surface area contributed by atoms with E-state index in [4.69, 9.17) is 5.73 Å². The van der Waals surface area contributed by atoms with Crippen molar-refractivity contribution in [2.24, 2.45) is 11.7 Å². The van der Waals surface area contributed by atoms with E-state index in [9.17, 15) is 9.59 Å². The molecule has 7 heteroatoms. The molecular formula is C16H25ClN4O2. The quantitative estimate of drug-likeness (QED) is 0.658. The molecule has 3 atom stereocenters. The number of nitrogens with two attached hydrogens (primary N) is 1. The first-order valence-corrected chi connectivity index (χ1v) is 7.73. The number of benzene rings is 1. The van der Waals surface area contributed by atoms with Gasteiger partial charge in [0.2, 0.25) is 5.91 Å². The summed E-state index contributed by atoms with van der Waals surface area (Å²) in [6, 6.07) is 8.24. The predicted molar refractivity (Wildman–Crippen MR) is 93.6 cm³/mol. The molecular weight excluding hydrogens is 316 g/mol. The monoisotopic (exact) mass is 340 g/mol. The molecule has 0 saturated heterocycles. The van der Waals surface area contributed by atoms with Gasteiger partial charge in [-0.15, -0.1) is 12.4 Å². The van der Waals surface area contributed by atoms with Gasteiger partial charge in [0.25, 0.3) is 0 Å². The highest BCUT2D eigenvalue weighted by atomic mass is 35.5. The minimum atomic E-state index is -0.595. The summed E-state index contributed by atoms with van der Waals surface area (Å²) in [6.45, 7) is 2.26. The Balaban J connectivity index is 0.00000264. The Bertz CT molecular complexity index is 512. The number of urea groups is 1. The lowest BCUT2D eigenvalue weighted by atomic mass is 10.0. The molecule has 0 spiro atoms. The van der Waals surface area contributed by atoms with E-state index >= 15 is 0 Å². The highest BCUT2D eigenvalue weighted by molar-refractivity contribution is 5.93. The van der Waals surface area contributed by atoms with Crippen LogP contribution in [0.15, 0.2) is 30.3 Å². The zero-order valence-corrected chi connectivity index (χ0v) is 14.1. The second kappa shape index (κ2) is 9.37. The summed E-state index contributed by atoms with van der Waals surface area (Å²) in [4.78, 5) is 24.0. The molecule has 5 N–H and O–H groups in total. The van der Waals surface area contributed by atoms with Crippen LogP contribution in [-0.4, -0.2) is 30.6 Å². The molecule has 0 aromatic heterocycles. The molecule has 23 heavy (non-hydrogen) atoms.